The van der Waals surface area contributed by atoms with Gasteiger partial charge in [-0.1, -0.05) is 37.5 Å². The van der Waals surface area contributed by atoms with Crippen LogP contribution in [-0.2, 0) is 0 Å². The van der Waals surface area contributed by atoms with Gasteiger partial charge in [0.25, 0.3) is 0 Å². The summed E-state index contributed by atoms with van der Waals surface area (Å²) in [7, 11) is 0. The fourth-order valence-corrected chi connectivity index (χ4v) is 5.17. The third kappa shape index (κ3) is 3.05. The Morgan fingerprint density at radius 1 is 1.36 bits per heavy atom. The molecular formula is C20H34O2. The van der Waals surface area contributed by atoms with Crippen LogP contribution in [-0.4, -0.2) is 22.4 Å². The summed E-state index contributed by atoms with van der Waals surface area (Å²) in [5.41, 5.74) is 2.52. The van der Waals surface area contributed by atoms with Gasteiger partial charge < -0.3 is 10.2 Å². The summed E-state index contributed by atoms with van der Waals surface area (Å²) < 4.78 is 0. The summed E-state index contributed by atoms with van der Waals surface area (Å²) in [6.45, 7) is 12.8. The molecule has 2 heteroatoms. The van der Waals surface area contributed by atoms with Gasteiger partial charge in [-0.05, 0) is 69.1 Å². The van der Waals surface area contributed by atoms with Crippen molar-refractivity contribution in [3.05, 3.63) is 23.8 Å². The van der Waals surface area contributed by atoms with Crippen molar-refractivity contribution < 1.29 is 10.2 Å². The van der Waals surface area contributed by atoms with Gasteiger partial charge in [0.15, 0.2) is 0 Å². The standard InChI is InChI=1S/C20H34O2/c1-6-19(4,22)13-10-16-15(2)8-9-17-18(3,14-21)11-7-12-20(16,17)5/h6,17,21-22H,1,7-14H2,2-5H3/t17-,18+,19-,20+/m0/s1. The number of allylic oxidation sites excluding steroid dienone is 2. The monoisotopic (exact) mass is 306 g/mol. The van der Waals surface area contributed by atoms with Crippen LogP contribution in [0.15, 0.2) is 23.8 Å². The molecule has 0 aliphatic heterocycles. The van der Waals surface area contributed by atoms with Gasteiger partial charge in [-0.15, -0.1) is 6.58 Å². The number of fused-ring (bicyclic) bond motifs is 1. The molecule has 2 N–H and O–H groups in total. The van der Waals surface area contributed by atoms with E-state index in [4.69, 9.17) is 0 Å². The zero-order valence-electron chi connectivity index (χ0n) is 14.9. The summed E-state index contributed by atoms with van der Waals surface area (Å²) in [6.07, 6.45) is 9.22. The van der Waals surface area contributed by atoms with Crippen molar-refractivity contribution in [1.82, 2.24) is 0 Å². The minimum Gasteiger partial charge on any atom is -0.396 e. The molecule has 0 saturated heterocycles. The van der Waals surface area contributed by atoms with E-state index in [1.165, 1.54) is 24.8 Å². The second-order valence-electron chi connectivity index (χ2n) is 8.49. The first kappa shape index (κ1) is 17.7. The van der Waals surface area contributed by atoms with Crippen molar-refractivity contribution in [2.75, 3.05) is 6.61 Å². The first-order chi connectivity index (χ1) is 10.2. The molecule has 0 unspecified atom stereocenters. The highest BCUT2D eigenvalue weighted by atomic mass is 16.3. The predicted molar refractivity (Wildman–Crippen MR) is 92.6 cm³/mol. The van der Waals surface area contributed by atoms with E-state index in [1.54, 1.807) is 11.6 Å². The molecule has 2 nitrogen and oxygen atoms in total. The van der Waals surface area contributed by atoms with Gasteiger partial charge in [-0.25, -0.2) is 0 Å². The van der Waals surface area contributed by atoms with Crippen LogP contribution in [0.5, 0.6) is 0 Å². The maximum absolute atomic E-state index is 10.3. The molecule has 2 aliphatic carbocycles. The Bertz CT molecular complexity index is 462. The lowest BCUT2D eigenvalue weighted by atomic mass is 9.49. The highest BCUT2D eigenvalue weighted by molar-refractivity contribution is 5.28. The molecule has 1 fully saturated rings. The molecule has 0 bridgehead atoms. The van der Waals surface area contributed by atoms with E-state index >= 15 is 0 Å². The van der Waals surface area contributed by atoms with Crippen molar-refractivity contribution in [1.29, 1.82) is 0 Å². The van der Waals surface area contributed by atoms with E-state index in [2.05, 4.69) is 27.4 Å². The molecule has 4 atom stereocenters. The van der Waals surface area contributed by atoms with Crippen LogP contribution in [0.3, 0.4) is 0 Å². The number of hydrogen-bond acceptors (Lipinski definition) is 2. The molecule has 0 aromatic heterocycles. The maximum atomic E-state index is 10.3. The third-order valence-corrected chi connectivity index (χ3v) is 6.75. The number of rotatable bonds is 5. The molecule has 0 radical (unpaired) electrons. The van der Waals surface area contributed by atoms with Gasteiger partial charge in [0.05, 0.1) is 5.60 Å². The Morgan fingerprint density at radius 2 is 2.05 bits per heavy atom. The zero-order chi connectivity index (χ0) is 16.6. The molecule has 2 aliphatic rings. The summed E-state index contributed by atoms with van der Waals surface area (Å²) in [5, 5.41) is 20.3. The molecule has 0 amide bonds. The van der Waals surface area contributed by atoms with Crippen LogP contribution in [0.25, 0.3) is 0 Å². The van der Waals surface area contributed by atoms with Crippen LogP contribution in [0.1, 0.15) is 72.6 Å². The third-order valence-electron chi connectivity index (χ3n) is 6.75. The molecule has 0 aromatic rings. The van der Waals surface area contributed by atoms with E-state index in [9.17, 15) is 10.2 Å². The first-order valence-corrected chi connectivity index (χ1v) is 8.84. The number of aliphatic hydroxyl groups is 2. The minimum absolute atomic E-state index is 0.0555. The minimum atomic E-state index is -0.786. The van der Waals surface area contributed by atoms with Crippen LogP contribution in [0, 0.1) is 16.7 Å². The Balaban J connectivity index is 2.30. The Kier molecular flexibility index (Phi) is 4.94. The van der Waals surface area contributed by atoms with E-state index < -0.39 is 5.60 Å². The van der Waals surface area contributed by atoms with Gasteiger partial charge in [0.2, 0.25) is 0 Å². The number of aliphatic hydroxyl groups excluding tert-OH is 1. The molecule has 0 spiro atoms. The topological polar surface area (TPSA) is 40.5 Å². The van der Waals surface area contributed by atoms with Crippen LogP contribution >= 0.6 is 0 Å². The second kappa shape index (κ2) is 6.13. The summed E-state index contributed by atoms with van der Waals surface area (Å²) in [6, 6.07) is 0. The van der Waals surface area contributed by atoms with E-state index in [0.29, 0.717) is 12.5 Å². The normalized spacial score (nSPS) is 38.4. The second-order valence-corrected chi connectivity index (χ2v) is 8.49. The smallest absolute Gasteiger partial charge is 0.0800 e. The van der Waals surface area contributed by atoms with E-state index in [1.807, 2.05) is 6.92 Å². The van der Waals surface area contributed by atoms with Gasteiger partial charge in [0.1, 0.15) is 0 Å². The molecule has 0 heterocycles. The van der Waals surface area contributed by atoms with E-state index in [0.717, 1.165) is 25.7 Å². The highest BCUT2D eigenvalue weighted by Gasteiger charge is 2.51. The van der Waals surface area contributed by atoms with Crippen LogP contribution < -0.4 is 0 Å². The molecular weight excluding hydrogens is 272 g/mol. The molecule has 2 rings (SSSR count). The molecule has 22 heavy (non-hydrogen) atoms. The van der Waals surface area contributed by atoms with Gasteiger partial charge in [0, 0.05) is 6.61 Å². The van der Waals surface area contributed by atoms with Crippen LogP contribution in [0.2, 0.25) is 0 Å². The zero-order valence-corrected chi connectivity index (χ0v) is 14.9. The quantitative estimate of drug-likeness (QED) is 0.728. The lowest BCUT2D eigenvalue weighted by Crippen LogP contribution is -2.48. The van der Waals surface area contributed by atoms with Crippen molar-refractivity contribution >= 4 is 0 Å². The van der Waals surface area contributed by atoms with Crippen LogP contribution in [0.4, 0.5) is 0 Å². The van der Waals surface area contributed by atoms with Crippen molar-refractivity contribution in [2.24, 2.45) is 16.7 Å². The Morgan fingerprint density at radius 3 is 2.64 bits per heavy atom. The number of hydrogen-bond donors (Lipinski definition) is 2. The predicted octanol–water partition coefficient (Wildman–Crippen LogP) is 4.62. The molecule has 1 saturated carbocycles. The van der Waals surface area contributed by atoms with Crippen molar-refractivity contribution in [2.45, 2.75) is 78.2 Å². The fourth-order valence-electron chi connectivity index (χ4n) is 5.17. The average Bonchev–Trinajstić information content (AvgIpc) is 2.46. The summed E-state index contributed by atoms with van der Waals surface area (Å²) >= 11 is 0. The Hall–Kier alpha value is -0.600. The van der Waals surface area contributed by atoms with Crippen molar-refractivity contribution in [3.63, 3.8) is 0 Å². The van der Waals surface area contributed by atoms with Crippen molar-refractivity contribution in [3.8, 4) is 0 Å². The maximum Gasteiger partial charge on any atom is 0.0800 e. The molecule has 126 valence electrons. The Labute approximate surface area is 136 Å². The fraction of sp³-hybridized carbons (Fsp3) is 0.800. The lowest BCUT2D eigenvalue weighted by molar-refractivity contribution is -0.0399. The van der Waals surface area contributed by atoms with E-state index in [-0.39, 0.29) is 10.8 Å². The summed E-state index contributed by atoms with van der Waals surface area (Å²) in [5.74, 6) is 0.561. The van der Waals surface area contributed by atoms with Gasteiger partial charge in [-0.2, -0.15) is 0 Å². The first-order valence-electron chi connectivity index (χ1n) is 8.84. The van der Waals surface area contributed by atoms with Gasteiger partial charge >= 0.3 is 0 Å². The van der Waals surface area contributed by atoms with Gasteiger partial charge in [-0.3, -0.25) is 0 Å². The average molecular weight is 306 g/mol. The molecule has 0 aromatic carbocycles. The summed E-state index contributed by atoms with van der Waals surface area (Å²) in [4.78, 5) is 0. The lowest BCUT2D eigenvalue weighted by Gasteiger charge is -2.56. The highest BCUT2D eigenvalue weighted by Crippen LogP contribution is 2.60. The SMILES string of the molecule is C=C[C@](C)(O)CCC1=C(C)CC[C@H]2[C@@](C)(CO)CCC[C@]12C. The largest absolute Gasteiger partial charge is 0.396 e.